The average Bonchev–Trinajstić information content (AvgIpc) is 2.61. The standard InChI is InChI=1S/C9H11N3O/c1-2-5-13-7-3-4-8-9(6-7)11-12-10-8/h3-4,6H,2,5H2,1H3,(H,10,11,12). The van der Waals surface area contributed by atoms with Crippen LogP contribution in [-0.4, -0.2) is 22.0 Å². The van der Waals surface area contributed by atoms with Crippen molar-refractivity contribution in [3.8, 4) is 5.75 Å². The monoisotopic (exact) mass is 177 g/mol. The van der Waals surface area contributed by atoms with Crippen LogP contribution in [-0.2, 0) is 0 Å². The molecule has 2 aromatic rings. The van der Waals surface area contributed by atoms with Gasteiger partial charge in [0, 0.05) is 6.07 Å². The molecule has 2 rings (SSSR count). The molecule has 0 saturated carbocycles. The van der Waals surface area contributed by atoms with Crippen molar-refractivity contribution in [2.75, 3.05) is 6.61 Å². The van der Waals surface area contributed by atoms with Crippen molar-refractivity contribution in [2.24, 2.45) is 0 Å². The van der Waals surface area contributed by atoms with Crippen LogP contribution in [0.3, 0.4) is 0 Å². The lowest BCUT2D eigenvalue weighted by Gasteiger charge is -2.02. The quantitative estimate of drug-likeness (QED) is 0.777. The largest absolute Gasteiger partial charge is 0.494 e. The summed E-state index contributed by atoms with van der Waals surface area (Å²) in [5, 5.41) is 10.5. The summed E-state index contributed by atoms with van der Waals surface area (Å²) in [5.74, 6) is 0.850. The summed E-state index contributed by atoms with van der Waals surface area (Å²) in [5.41, 5.74) is 1.71. The minimum Gasteiger partial charge on any atom is -0.494 e. The highest BCUT2D eigenvalue weighted by Crippen LogP contribution is 2.16. The first kappa shape index (κ1) is 8.04. The Bertz CT molecular complexity index is 396. The summed E-state index contributed by atoms with van der Waals surface area (Å²) >= 11 is 0. The number of benzene rings is 1. The van der Waals surface area contributed by atoms with Gasteiger partial charge >= 0.3 is 0 Å². The predicted molar refractivity (Wildman–Crippen MR) is 49.7 cm³/mol. The Morgan fingerprint density at radius 1 is 1.31 bits per heavy atom. The van der Waals surface area contributed by atoms with Gasteiger partial charge in [-0.1, -0.05) is 6.92 Å². The van der Waals surface area contributed by atoms with Gasteiger partial charge in [-0.15, -0.1) is 0 Å². The van der Waals surface area contributed by atoms with Gasteiger partial charge in [-0.05, 0) is 18.6 Å². The van der Waals surface area contributed by atoms with Gasteiger partial charge in [0.25, 0.3) is 0 Å². The second-order valence-electron chi connectivity index (χ2n) is 2.82. The van der Waals surface area contributed by atoms with Crippen LogP contribution < -0.4 is 4.74 Å². The van der Waals surface area contributed by atoms with Crippen LogP contribution in [0.25, 0.3) is 11.0 Å². The summed E-state index contributed by atoms with van der Waals surface area (Å²) in [6, 6.07) is 5.68. The number of aromatic amines is 1. The maximum absolute atomic E-state index is 5.45. The molecule has 1 aromatic heterocycles. The molecule has 0 aliphatic rings. The summed E-state index contributed by atoms with van der Waals surface area (Å²) < 4.78 is 5.45. The molecule has 4 nitrogen and oxygen atoms in total. The predicted octanol–water partition coefficient (Wildman–Crippen LogP) is 1.75. The van der Waals surface area contributed by atoms with Crippen LogP contribution in [0, 0.1) is 0 Å². The van der Waals surface area contributed by atoms with Crippen LogP contribution in [0.1, 0.15) is 13.3 Å². The topological polar surface area (TPSA) is 50.8 Å². The van der Waals surface area contributed by atoms with E-state index in [-0.39, 0.29) is 0 Å². The number of aromatic nitrogens is 3. The van der Waals surface area contributed by atoms with Crippen LogP contribution in [0.15, 0.2) is 18.2 Å². The zero-order valence-electron chi connectivity index (χ0n) is 7.45. The van der Waals surface area contributed by atoms with E-state index in [0.29, 0.717) is 0 Å². The highest BCUT2D eigenvalue weighted by atomic mass is 16.5. The molecular formula is C9H11N3O. The number of nitrogens with one attached hydrogen (secondary N) is 1. The van der Waals surface area contributed by atoms with E-state index in [1.807, 2.05) is 18.2 Å². The minimum absolute atomic E-state index is 0.739. The van der Waals surface area contributed by atoms with Gasteiger partial charge in [-0.25, -0.2) is 0 Å². The van der Waals surface area contributed by atoms with E-state index in [1.54, 1.807) is 0 Å². The molecule has 1 N–H and O–H groups in total. The Hall–Kier alpha value is -1.58. The summed E-state index contributed by atoms with van der Waals surface area (Å²) in [6.45, 7) is 2.82. The number of H-pyrrole nitrogens is 1. The number of hydrogen-bond donors (Lipinski definition) is 1. The summed E-state index contributed by atoms with van der Waals surface area (Å²) in [6.07, 6.45) is 1.01. The normalized spacial score (nSPS) is 10.5. The molecule has 0 aliphatic carbocycles. The molecule has 0 unspecified atom stereocenters. The smallest absolute Gasteiger partial charge is 0.121 e. The van der Waals surface area contributed by atoms with Crippen LogP contribution in [0.2, 0.25) is 0 Å². The van der Waals surface area contributed by atoms with Crippen molar-refractivity contribution in [2.45, 2.75) is 13.3 Å². The van der Waals surface area contributed by atoms with E-state index in [9.17, 15) is 0 Å². The van der Waals surface area contributed by atoms with E-state index in [2.05, 4.69) is 22.3 Å². The van der Waals surface area contributed by atoms with E-state index in [0.717, 1.165) is 29.8 Å². The van der Waals surface area contributed by atoms with Gasteiger partial charge in [0.05, 0.1) is 6.61 Å². The van der Waals surface area contributed by atoms with Gasteiger partial charge < -0.3 is 4.74 Å². The lowest BCUT2D eigenvalue weighted by Crippen LogP contribution is -1.94. The molecule has 1 aromatic carbocycles. The van der Waals surface area contributed by atoms with Gasteiger partial charge in [0.2, 0.25) is 0 Å². The van der Waals surface area contributed by atoms with Crippen molar-refractivity contribution < 1.29 is 4.74 Å². The van der Waals surface area contributed by atoms with Crippen LogP contribution in [0.5, 0.6) is 5.75 Å². The molecule has 13 heavy (non-hydrogen) atoms. The lowest BCUT2D eigenvalue weighted by atomic mass is 10.3. The first-order valence-corrected chi connectivity index (χ1v) is 4.33. The zero-order valence-corrected chi connectivity index (χ0v) is 7.45. The van der Waals surface area contributed by atoms with Crippen molar-refractivity contribution in [1.82, 2.24) is 15.4 Å². The first-order chi connectivity index (χ1) is 6.40. The lowest BCUT2D eigenvalue weighted by molar-refractivity contribution is 0.318. The Labute approximate surface area is 75.9 Å². The van der Waals surface area contributed by atoms with E-state index in [1.165, 1.54) is 0 Å². The van der Waals surface area contributed by atoms with Crippen molar-refractivity contribution >= 4 is 11.0 Å². The Morgan fingerprint density at radius 2 is 2.15 bits per heavy atom. The first-order valence-electron chi connectivity index (χ1n) is 4.33. The third-order valence-electron chi connectivity index (χ3n) is 1.76. The van der Waals surface area contributed by atoms with Gasteiger partial charge in [0.1, 0.15) is 16.8 Å². The molecule has 4 heteroatoms. The second-order valence-corrected chi connectivity index (χ2v) is 2.82. The molecule has 68 valence electrons. The van der Waals surface area contributed by atoms with Crippen molar-refractivity contribution in [3.05, 3.63) is 18.2 Å². The van der Waals surface area contributed by atoms with Gasteiger partial charge in [0.15, 0.2) is 0 Å². The highest BCUT2D eigenvalue weighted by molar-refractivity contribution is 5.75. The Morgan fingerprint density at radius 3 is 3.00 bits per heavy atom. The molecule has 0 atom stereocenters. The highest BCUT2D eigenvalue weighted by Gasteiger charge is 1.99. The molecule has 0 fully saturated rings. The average molecular weight is 177 g/mol. The minimum atomic E-state index is 0.739. The van der Waals surface area contributed by atoms with E-state index >= 15 is 0 Å². The van der Waals surface area contributed by atoms with Crippen molar-refractivity contribution in [1.29, 1.82) is 0 Å². The Kier molecular flexibility index (Phi) is 2.12. The fourth-order valence-corrected chi connectivity index (χ4v) is 1.13. The fourth-order valence-electron chi connectivity index (χ4n) is 1.13. The van der Waals surface area contributed by atoms with Crippen molar-refractivity contribution in [3.63, 3.8) is 0 Å². The summed E-state index contributed by atoms with van der Waals surface area (Å²) in [4.78, 5) is 0. The van der Waals surface area contributed by atoms with Gasteiger partial charge in [-0.3, -0.25) is 0 Å². The maximum atomic E-state index is 5.45. The molecule has 0 bridgehead atoms. The fraction of sp³-hybridized carbons (Fsp3) is 0.333. The molecule has 0 amide bonds. The number of rotatable bonds is 3. The molecular weight excluding hydrogens is 166 g/mol. The molecule has 0 spiro atoms. The van der Waals surface area contributed by atoms with Crippen LogP contribution >= 0.6 is 0 Å². The number of fused-ring (bicyclic) bond motifs is 1. The molecule has 1 heterocycles. The zero-order chi connectivity index (χ0) is 9.10. The SMILES string of the molecule is CCCOc1ccc2n[nH]nc2c1. The summed E-state index contributed by atoms with van der Waals surface area (Å²) in [7, 11) is 0. The van der Waals surface area contributed by atoms with E-state index < -0.39 is 0 Å². The number of hydrogen-bond acceptors (Lipinski definition) is 3. The van der Waals surface area contributed by atoms with Gasteiger partial charge in [-0.2, -0.15) is 15.4 Å². The molecule has 0 saturated heterocycles. The number of ether oxygens (including phenoxy) is 1. The molecule has 0 radical (unpaired) electrons. The third kappa shape index (κ3) is 1.61. The third-order valence-corrected chi connectivity index (χ3v) is 1.76. The molecule has 0 aliphatic heterocycles. The Balaban J connectivity index is 2.26. The second kappa shape index (κ2) is 3.43. The van der Waals surface area contributed by atoms with Crippen LogP contribution in [0.4, 0.5) is 0 Å². The van der Waals surface area contributed by atoms with E-state index in [4.69, 9.17) is 4.74 Å². The number of nitrogens with zero attached hydrogens (tertiary/aromatic N) is 2. The maximum Gasteiger partial charge on any atom is 0.121 e.